The molecular formula is C18H22O2. The van der Waals surface area contributed by atoms with Gasteiger partial charge >= 0.3 is 5.97 Å². The summed E-state index contributed by atoms with van der Waals surface area (Å²) in [7, 11) is 0. The molecule has 1 saturated carbocycles. The Morgan fingerprint density at radius 2 is 2.05 bits per heavy atom. The molecule has 2 aliphatic carbocycles. The number of hydrogen-bond acceptors (Lipinski definition) is 2. The molecule has 1 unspecified atom stereocenters. The molecule has 0 heterocycles. The topological polar surface area (TPSA) is 26.3 Å². The standard InChI is InChI=1S/C18H22O2/c1-13(2)17(19)20-18(15-10-11-15)12-6-5-8-14-7-3-4-9-16(14)18/h3-4,7,9,15H,1,5-6,8,10-12H2,2H3. The first-order valence-corrected chi connectivity index (χ1v) is 7.61. The van der Waals surface area contributed by atoms with Crippen LogP contribution in [0.3, 0.4) is 0 Å². The molecule has 2 aliphatic rings. The molecule has 0 amide bonds. The smallest absolute Gasteiger partial charge is 0.334 e. The Hall–Kier alpha value is -1.57. The summed E-state index contributed by atoms with van der Waals surface area (Å²) in [6.45, 7) is 5.46. The van der Waals surface area contributed by atoms with Gasteiger partial charge in [0.25, 0.3) is 0 Å². The highest BCUT2D eigenvalue weighted by atomic mass is 16.6. The highest BCUT2D eigenvalue weighted by molar-refractivity contribution is 5.87. The van der Waals surface area contributed by atoms with Crippen molar-refractivity contribution < 1.29 is 9.53 Å². The largest absolute Gasteiger partial charge is 0.451 e. The van der Waals surface area contributed by atoms with Crippen LogP contribution in [-0.4, -0.2) is 5.97 Å². The molecule has 3 rings (SSSR count). The number of esters is 1. The van der Waals surface area contributed by atoms with Gasteiger partial charge in [0, 0.05) is 11.5 Å². The zero-order valence-electron chi connectivity index (χ0n) is 12.2. The van der Waals surface area contributed by atoms with Crippen LogP contribution in [0.15, 0.2) is 36.4 Å². The number of carbonyl (C=O) groups excluding carboxylic acids is 1. The maximum Gasteiger partial charge on any atom is 0.334 e. The van der Waals surface area contributed by atoms with E-state index in [4.69, 9.17) is 4.74 Å². The minimum atomic E-state index is -0.400. The normalized spacial score (nSPS) is 25.4. The van der Waals surface area contributed by atoms with Gasteiger partial charge in [-0.1, -0.05) is 30.8 Å². The second-order valence-corrected chi connectivity index (χ2v) is 6.20. The van der Waals surface area contributed by atoms with Gasteiger partial charge in [0.1, 0.15) is 5.60 Å². The number of benzene rings is 1. The van der Waals surface area contributed by atoms with Crippen LogP contribution in [0, 0.1) is 5.92 Å². The Kier molecular flexibility index (Phi) is 3.41. The van der Waals surface area contributed by atoms with Crippen LogP contribution in [0.1, 0.15) is 50.2 Å². The van der Waals surface area contributed by atoms with E-state index in [1.807, 2.05) is 0 Å². The van der Waals surface area contributed by atoms with Crippen molar-refractivity contribution in [2.24, 2.45) is 5.92 Å². The molecule has 0 aliphatic heterocycles. The first kappa shape index (κ1) is 13.4. The van der Waals surface area contributed by atoms with Crippen LogP contribution in [0.4, 0.5) is 0 Å². The predicted molar refractivity (Wildman–Crippen MR) is 79.3 cm³/mol. The molecule has 2 heteroatoms. The van der Waals surface area contributed by atoms with Crippen molar-refractivity contribution in [3.8, 4) is 0 Å². The quantitative estimate of drug-likeness (QED) is 0.469. The van der Waals surface area contributed by atoms with Crippen molar-refractivity contribution >= 4 is 5.97 Å². The van der Waals surface area contributed by atoms with Crippen molar-refractivity contribution in [2.45, 2.75) is 51.0 Å². The lowest BCUT2D eigenvalue weighted by Gasteiger charge is -2.35. The maximum absolute atomic E-state index is 12.1. The van der Waals surface area contributed by atoms with Gasteiger partial charge in [-0.2, -0.15) is 0 Å². The minimum Gasteiger partial charge on any atom is -0.451 e. The molecule has 1 fully saturated rings. The lowest BCUT2D eigenvalue weighted by atomic mass is 9.83. The van der Waals surface area contributed by atoms with Crippen LogP contribution < -0.4 is 0 Å². The molecule has 0 radical (unpaired) electrons. The Balaban J connectivity index is 2.05. The average molecular weight is 270 g/mol. The molecule has 0 spiro atoms. The van der Waals surface area contributed by atoms with Crippen molar-refractivity contribution in [3.05, 3.63) is 47.5 Å². The Bertz CT molecular complexity index is 542. The van der Waals surface area contributed by atoms with Gasteiger partial charge in [0.15, 0.2) is 0 Å². The average Bonchev–Trinajstić information content (AvgIpc) is 3.26. The molecule has 106 valence electrons. The Morgan fingerprint density at radius 1 is 1.30 bits per heavy atom. The Labute approximate surface area is 120 Å². The van der Waals surface area contributed by atoms with Gasteiger partial charge in [-0.15, -0.1) is 0 Å². The van der Waals surface area contributed by atoms with Crippen LogP contribution in [0.5, 0.6) is 0 Å². The van der Waals surface area contributed by atoms with Crippen molar-refractivity contribution in [3.63, 3.8) is 0 Å². The van der Waals surface area contributed by atoms with E-state index in [2.05, 4.69) is 30.8 Å². The van der Waals surface area contributed by atoms with Gasteiger partial charge in [-0.05, 0) is 56.6 Å². The molecule has 0 saturated heterocycles. The van der Waals surface area contributed by atoms with Gasteiger partial charge in [0.05, 0.1) is 0 Å². The van der Waals surface area contributed by atoms with E-state index in [0.29, 0.717) is 11.5 Å². The summed E-state index contributed by atoms with van der Waals surface area (Å²) in [6, 6.07) is 8.50. The highest BCUT2D eigenvalue weighted by Gasteiger charge is 2.50. The van der Waals surface area contributed by atoms with Crippen molar-refractivity contribution in [2.75, 3.05) is 0 Å². The summed E-state index contributed by atoms with van der Waals surface area (Å²) in [6.07, 6.45) is 6.67. The lowest BCUT2D eigenvalue weighted by molar-refractivity contribution is -0.160. The first-order chi connectivity index (χ1) is 9.63. The second-order valence-electron chi connectivity index (χ2n) is 6.20. The molecule has 1 aromatic rings. The number of carbonyl (C=O) groups is 1. The third kappa shape index (κ3) is 2.28. The minimum absolute atomic E-state index is 0.242. The zero-order chi connectivity index (χ0) is 14.2. The highest BCUT2D eigenvalue weighted by Crippen LogP contribution is 2.53. The van der Waals surface area contributed by atoms with E-state index in [9.17, 15) is 4.79 Å². The molecule has 1 aromatic carbocycles. The number of aryl methyl sites for hydroxylation is 1. The monoisotopic (exact) mass is 270 g/mol. The molecule has 0 bridgehead atoms. The fraction of sp³-hybridized carbons (Fsp3) is 0.500. The molecule has 0 aromatic heterocycles. The lowest BCUT2D eigenvalue weighted by Crippen LogP contribution is -2.35. The van der Waals surface area contributed by atoms with Gasteiger partial charge in [-0.3, -0.25) is 0 Å². The van der Waals surface area contributed by atoms with Crippen molar-refractivity contribution in [1.29, 1.82) is 0 Å². The summed E-state index contributed by atoms with van der Waals surface area (Å²) < 4.78 is 6.03. The van der Waals surface area contributed by atoms with Gasteiger partial charge in [0.2, 0.25) is 0 Å². The van der Waals surface area contributed by atoms with Crippen LogP contribution >= 0.6 is 0 Å². The summed E-state index contributed by atoms with van der Waals surface area (Å²) in [5.41, 5.74) is 2.69. The predicted octanol–water partition coefficient (Wildman–Crippen LogP) is 4.14. The number of hydrogen-bond donors (Lipinski definition) is 0. The number of fused-ring (bicyclic) bond motifs is 1. The molecular weight excluding hydrogens is 248 g/mol. The fourth-order valence-corrected chi connectivity index (χ4v) is 3.40. The number of rotatable bonds is 3. The van der Waals surface area contributed by atoms with E-state index >= 15 is 0 Å². The zero-order valence-corrected chi connectivity index (χ0v) is 12.2. The molecule has 1 atom stereocenters. The maximum atomic E-state index is 12.1. The first-order valence-electron chi connectivity index (χ1n) is 7.61. The van der Waals surface area contributed by atoms with E-state index in [-0.39, 0.29) is 5.97 Å². The van der Waals surface area contributed by atoms with Crippen LogP contribution in [-0.2, 0) is 21.6 Å². The molecule has 2 nitrogen and oxygen atoms in total. The van der Waals surface area contributed by atoms with Crippen LogP contribution in [0.2, 0.25) is 0 Å². The third-order valence-electron chi connectivity index (χ3n) is 4.58. The number of ether oxygens (including phenoxy) is 1. The summed E-state index contributed by atoms with van der Waals surface area (Å²) >= 11 is 0. The SMILES string of the molecule is C=C(C)C(=O)OC1(C2CC2)CCCCc2ccccc21. The summed E-state index contributed by atoms with van der Waals surface area (Å²) in [4.78, 5) is 12.1. The van der Waals surface area contributed by atoms with E-state index in [1.54, 1.807) is 6.92 Å². The molecule has 0 N–H and O–H groups in total. The van der Waals surface area contributed by atoms with Gasteiger partial charge < -0.3 is 4.74 Å². The third-order valence-corrected chi connectivity index (χ3v) is 4.58. The van der Waals surface area contributed by atoms with E-state index in [1.165, 1.54) is 17.5 Å². The fourth-order valence-electron chi connectivity index (χ4n) is 3.40. The van der Waals surface area contributed by atoms with E-state index < -0.39 is 5.60 Å². The van der Waals surface area contributed by atoms with Crippen molar-refractivity contribution in [1.82, 2.24) is 0 Å². The van der Waals surface area contributed by atoms with Crippen LogP contribution in [0.25, 0.3) is 0 Å². The van der Waals surface area contributed by atoms with Gasteiger partial charge in [-0.25, -0.2) is 4.79 Å². The van der Waals surface area contributed by atoms with E-state index in [0.717, 1.165) is 32.1 Å². The summed E-state index contributed by atoms with van der Waals surface area (Å²) in [5, 5.41) is 0. The Morgan fingerprint density at radius 3 is 2.75 bits per heavy atom. The molecule has 20 heavy (non-hydrogen) atoms. The second kappa shape index (κ2) is 5.08. The summed E-state index contributed by atoms with van der Waals surface area (Å²) in [5.74, 6) is 0.249.